The van der Waals surface area contributed by atoms with Gasteiger partial charge in [-0.25, -0.2) is 0 Å². The van der Waals surface area contributed by atoms with Crippen LogP contribution in [0.4, 0.5) is 13.2 Å². The maximum Gasteiger partial charge on any atom is 0.518 e. The monoisotopic (exact) mass is 451 g/mol. The van der Waals surface area contributed by atoms with Gasteiger partial charge in [0.25, 0.3) is 0 Å². The lowest BCUT2D eigenvalue weighted by molar-refractivity contribution is -0.0435. The highest BCUT2D eigenvalue weighted by Crippen LogP contribution is 2.40. The van der Waals surface area contributed by atoms with Crippen LogP contribution in [0, 0.1) is 0 Å². The Bertz CT molecular complexity index is 1100. The normalized spacial score (nSPS) is 14.5. The van der Waals surface area contributed by atoms with Crippen molar-refractivity contribution in [3.63, 3.8) is 0 Å². The van der Waals surface area contributed by atoms with Crippen LogP contribution in [0.5, 0.6) is 0 Å². The molecule has 0 saturated carbocycles. The molecule has 2 rings (SSSR count). The predicted molar refractivity (Wildman–Crippen MR) is 122 cm³/mol. The molecule has 0 aromatic carbocycles. The summed E-state index contributed by atoms with van der Waals surface area (Å²) in [6.45, 7) is 12.9. The Morgan fingerprint density at radius 3 is 1.90 bits per heavy atom. The van der Waals surface area contributed by atoms with Gasteiger partial charge in [0.15, 0.2) is 0 Å². The molecule has 0 aliphatic heterocycles. The largest absolute Gasteiger partial charge is 0.518 e. The Morgan fingerprint density at radius 1 is 0.806 bits per heavy atom. The minimum absolute atomic E-state index is 0.00714. The zero-order valence-corrected chi connectivity index (χ0v) is 19.4. The number of hydrogen-bond donors (Lipinski definition) is 0. The molecule has 0 spiro atoms. The summed E-state index contributed by atoms with van der Waals surface area (Å²) in [6, 6.07) is 10.6. The Kier molecular flexibility index (Phi) is 6.91. The van der Waals surface area contributed by atoms with E-state index in [4.69, 9.17) is 0 Å². The highest BCUT2D eigenvalue weighted by molar-refractivity contribution is 7.91. The maximum atomic E-state index is 12.3. The highest BCUT2D eigenvalue weighted by Gasteiger charge is 2.45. The van der Waals surface area contributed by atoms with E-state index in [1.165, 1.54) is 17.2 Å². The summed E-state index contributed by atoms with van der Waals surface area (Å²) in [6.07, 6.45) is 6.69. The number of rotatable bonds is 4. The Balaban J connectivity index is 2.39. The highest BCUT2D eigenvalue weighted by atomic mass is 32.2. The topological polar surface area (TPSA) is 46.5 Å². The second-order valence-corrected chi connectivity index (χ2v) is 11.0. The van der Waals surface area contributed by atoms with Crippen molar-refractivity contribution in [3.8, 4) is 11.1 Å². The molecule has 0 N–H and O–H groups in total. The number of alkyl halides is 3. The third-order valence-electron chi connectivity index (χ3n) is 4.80. The number of hydrogen-bond acceptors (Lipinski definition) is 2. The second kappa shape index (κ2) is 8.61. The van der Waals surface area contributed by atoms with Crippen LogP contribution >= 0.6 is 0 Å². The van der Waals surface area contributed by atoms with Crippen molar-refractivity contribution in [1.29, 1.82) is 0 Å². The molecular weight excluding hydrogens is 423 g/mol. The molecule has 7 heteroatoms. The maximum absolute atomic E-state index is 12.3. The SMILES string of the molecule is CC(C)(C)c1ccc2c(/C=C/C=C/C=N/S(=O)(=O)C(F)(F)F)cc(C(C)(C)C)c-2cc1. The Morgan fingerprint density at radius 2 is 1.39 bits per heavy atom. The summed E-state index contributed by atoms with van der Waals surface area (Å²) in [5, 5.41) is 0. The summed E-state index contributed by atoms with van der Waals surface area (Å²) < 4.78 is 61.2. The van der Waals surface area contributed by atoms with Crippen molar-refractivity contribution in [2.24, 2.45) is 4.40 Å². The summed E-state index contributed by atoms with van der Waals surface area (Å²) in [7, 11) is -5.51. The summed E-state index contributed by atoms with van der Waals surface area (Å²) >= 11 is 0. The number of sulfonamides is 1. The number of fused-ring (bicyclic) bond motifs is 1. The molecule has 0 unspecified atom stereocenters. The molecule has 0 fully saturated rings. The quantitative estimate of drug-likeness (QED) is 0.376. The third kappa shape index (κ3) is 6.06. The van der Waals surface area contributed by atoms with Gasteiger partial charge in [0.1, 0.15) is 0 Å². The van der Waals surface area contributed by atoms with Crippen LogP contribution in [0.3, 0.4) is 0 Å². The van der Waals surface area contributed by atoms with Crippen LogP contribution in [0.25, 0.3) is 17.2 Å². The molecule has 0 aromatic rings. The van der Waals surface area contributed by atoms with E-state index in [2.05, 4.69) is 76.3 Å². The van der Waals surface area contributed by atoms with Gasteiger partial charge in [-0.2, -0.15) is 26.0 Å². The zero-order chi connectivity index (χ0) is 23.7. The minimum Gasteiger partial charge on any atom is -0.195 e. The Hall–Kier alpha value is -2.41. The summed E-state index contributed by atoms with van der Waals surface area (Å²) in [5.41, 5.74) is 0.123. The number of nitrogens with zero attached hydrogens (tertiary/aromatic N) is 1. The van der Waals surface area contributed by atoms with E-state index >= 15 is 0 Å². The van der Waals surface area contributed by atoms with Gasteiger partial charge in [-0.3, -0.25) is 0 Å². The molecular formula is C24H28F3NO2S. The molecule has 0 aromatic heterocycles. The molecule has 31 heavy (non-hydrogen) atoms. The van der Waals surface area contributed by atoms with E-state index in [0.717, 1.165) is 22.8 Å². The number of allylic oxidation sites excluding steroid dienone is 3. The second-order valence-electron chi connectivity index (χ2n) is 9.38. The first kappa shape index (κ1) is 24.9. The molecule has 0 heterocycles. The fraction of sp³-hybridized carbons (Fsp3) is 0.375. The van der Waals surface area contributed by atoms with E-state index in [1.807, 2.05) is 6.08 Å². The molecule has 0 bridgehead atoms. The van der Waals surface area contributed by atoms with Crippen LogP contribution in [-0.4, -0.2) is 20.1 Å². The van der Waals surface area contributed by atoms with Crippen LogP contribution in [0.1, 0.15) is 58.2 Å². The lowest BCUT2D eigenvalue weighted by atomic mass is 9.85. The van der Waals surface area contributed by atoms with Crippen molar-refractivity contribution in [1.82, 2.24) is 0 Å². The first-order chi connectivity index (χ1) is 14.0. The van der Waals surface area contributed by atoms with Gasteiger partial charge in [-0.15, -0.1) is 0 Å². The van der Waals surface area contributed by atoms with E-state index < -0.39 is 15.5 Å². The lowest BCUT2D eigenvalue weighted by Gasteiger charge is -2.19. The third-order valence-corrected chi connectivity index (χ3v) is 5.78. The van der Waals surface area contributed by atoms with Crippen LogP contribution in [0.2, 0.25) is 0 Å². The lowest BCUT2D eigenvalue weighted by Crippen LogP contribution is -2.20. The molecule has 2 aliphatic rings. The smallest absolute Gasteiger partial charge is 0.195 e. The Labute approximate surface area is 182 Å². The van der Waals surface area contributed by atoms with Crippen molar-refractivity contribution in [2.75, 3.05) is 0 Å². The zero-order valence-electron chi connectivity index (χ0n) is 18.6. The minimum atomic E-state index is -5.51. The van der Waals surface area contributed by atoms with Crippen LogP contribution in [-0.2, 0) is 20.9 Å². The molecule has 2 aliphatic carbocycles. The fourth-order valence-electron chi connectivity index (χ4n) is 3.09. The molecule has 0 radical (unpaired) electrons. The predicted octanol–water partition coefficient (Wildman–Crippen LogP) is 6.88. The molecule has 0 atom stereocenters. The van der Waals surface area contributed by atoms with Crippen molar-refractivity contribution >= 4 is 22.3 Å². The van der Waals surface area contributed by atoms with Crippen molar-refractivity contribution in [2.45, 2.75) is 57.9 Å². The molecule has 0 saturated heterocycles. The van der Waals surface area contributed by atoms with Gasteiger partial charge in [0.05, 0.1) is 0 Å². The van der Waals surface area contributed by atoms with Gasteiger partial charge in [0.2, 0.25) is 0 Å². The standard InChI is InChI=1S/C24H28F3NO2S/c1-22(2,3)18-11-13-19-17(16-21(23(4,5)6)20(19)14-12-18)10-8-7-9-15-28-31(29,30)24(25,26)27/h7-16H,1-6H3/b9-7+,10-8+,28-15+. The van der Waals surface area contributed by atoms with Gasteiger partial charge >= 0.3 is 15.5 Å². The average molecular weight is 452 g/mol. The summed E-state index contributed by atoms with van der Waals surface area (Å²) in [4.78, 5) is 0. The first-order valence-corrected chi connectivity index (χ1v) is 11.3. The van der Waals surface area contributed by atoms with Crippen molar-refractivity contribution in [3.05, 3.63) is 65.3 Å². The van der Waals surface area contributed by atoms with E-state index in [1.54, 1.807) is 6.08 Å². The van der Waals surface area contributed by atoms with Crippen molar-refractivity contribution < 1.29 is 21.6 Å². The van der Waals surface area contributed by atoms with Gasteiger partial charge in [-0.05, 0) is 50.8 Å². The van der Waals surface area contributed by atoms with E-state index in [9.17, 15) is 21.6 Å². The van der Waals surface area contributed by atoms with E-state index in [0.29, 0.717) is 6.21 Å². The van der Waals surface area contributed by atoms with Gasteiger partial charge in [-0.1, -0.05) is 84.0 Å². The van der Waals surface area contributed by atoms with Gasteiger partial charge < -0.3 is 0 Å². The average Bonchev–Trinajstić information content (AvgIpc) is 2.79. The first-order valence-electron chi connectivity index (χ1n) is 9.82. The van der Waals surface area contributed by atoms with E-state index in [-0.39, 0.29) is 10.8 Å². The van der Waals surface area contributed by atoms with Crippen LogP contribution < -0.4 is 0 Å². The number of halogens is 3. The molecule has 3 nitrogen and oxygen atoms in total. The molecule has 0 amide bonds. The summed E-state index contributed by atoms with van der Waals surface area (Å²) in [5.74, 6) is 0. The van der Waals surface area contributed by atoms with Gasteiger partial charge in [0, 0.05) is 6.21 Å². The van der Waals surface area contributed by atoms with Crippen LogP contribution in [0.15, 0.2) is 53.0 Å². The molecule has 168 valence electrons. The fourth-order valence-corrected chi connectivity index (χ4v) is 3.44.